The predicted octanol–water partition coefficient (Wildman–Crippen LogP) is 5.27. The van der Waals surface area contributed by atoms with Gasteiger partial charge < -0.3 is 0 Å². The van der Waals surface area contributed by atoms with Gasteiger partial charge >= 0.3 is 0 Å². The molecule has 0 spiro atoms. The van der Waals surface area contributed by atoms with Crippen molar-refractivity contribution < 1.29 is 0 Å². The molecule has 2 aromatic rings. The normalized spacial score (nSPS) is 21.9. The van der Waals surface area contributed by atoms with Crippen LogP contribution in [0.2, 0.25) is 0 Å². The average molecular weight is 291 g/mol. The van der Waals surface area contributed by atoms with Crippen LogP contribution >= 0.6 is 0 Å². The van der Waals surface area contributed by atoms with E-state index in [4.69, 9.17) is 0 Å². The number of hydrogen-bond donors (Lipinski definition) is 0. The largest absolute Gasteiger partial charge is 0.283 e. The molecule has 22 heavy (non-hydrogen) atoms. The fourth-order valence-electron chi connectivity index (χ4n) is 3.87. The van der Waals surface area contributed by atoms with Gasteiger partial charge in [0.05, 0.1) is 6.04 Å². The maximum atomic E-state index is 2.67. The van der Waals surface area contributed by atoms with Crippen LogP contribution in [-0.2, 0) is 6.54 Å². The van der Waals surface area contributed by atoms with Crippen molar-refractivity contribution in [2.45, 2.75) is 57.7 Å². The van der Waals surface area contributed by atoms with E-state index in [2.05, 4.69) is 74.2 Å². The van der Waals surface area contributed by atoms with Gasteiger partial charge in [0.2, 0.25) is 0 Å². The third-order valence-corrected chi connectivity index (χ3v) is 5.17. The van der Waals surface area contributed by atoms with Crippen LogP contribution in [0.3, 0.4) is 0 Å². The summed E-state index contributed by atoms with van der Waals surface area (Å²) in [5.41, 5.74) is 6.28. The summed E-state index contributed by atoms with van der Waals surface area (Å²) >= 11 is 0. The van der Waals surface area contributed by atoms with E-state index in [1.807, 2.05) is 0 Å². The Balaban J connectivity index is 1.87. The van der Waals surface area contributed by atoms with E-state index >= 15 is 0 Å². The number of rotatable bonds is 2. The maximum absolute atomic E-state index is 2.67. The second kappa shape index (κ2) is 4.96. The molecule has 4 rings (SSSR count). The highest BCUT2D eigenvalue weighted by molar-refractivity contribution is 5.46. The average Bonchev–Trinajstić information content (AvgIpc) is 3.26. The molecule has 0 amide bonds. The minimum Gasteiger partial charge on any atom is -0.283 e. The molecule has 0 radical (unpaired) electrons. The Morgan fingerprint density at radius 3 is 2.05 bits per heavy atom. The van der Waals surface area contributed by atoms with Crippen molar-refractivity contribution >= 4 is 0 Å². The second-order valence-corrected chi connectivity index (χ2v) is 7.80. The zero-order chi connectivity index (χ0) is 15.3. The van der Waals surface area contributed by atoms with Crippen molar-refractivity contribution in [3.63, 3.8) is 0 Å². The first kappa shape index (κ1) is 14.0. The van der Waals surface area contributed by atoms with Gasteiger partial charge in [-0.15, -0.1) is 0 Å². The van der Waals surface area contributed by atoms with Crippen LogP contribution in [-0.4, -0.2) is 10.4 Å². The first-order chi connectivity index (χ1) is 10.6. The van der Waals surface area contributed by atoms with E-state index in [1.165, 1.54) is 29.5 Å². The summed E-state index contributed by atoms with van der Waals surface area (Å²) in [5, 5.41) is 0. The molecule has 1 fully saturated rings. The Hall–Kier alpha value is -1.60. The Bertz CT molecular complexity index is 691. The van der Waals surface area contributed by atoms with Gasteiger partial charge in [-0.1, -0.05) is 48.5 Å². The van der Waals surface area contributed by atoms with E-state index in [9.17, 15) is 0 Å². The van der Waals surface area contributed by atoms with E-state index < -0.39 is 0 Å². The molecule has 114 valence electrons. The van der Waals surface area contributed by atoms with Gasteiger partial charge in [-0.05, 0) is 61.8 Å². The van der Waals surface area contributed by atoms with Crippen molar-refractivity contribution in [3.8, 4) is 0 Å². The van der Waals surface area contributed by atoms with E-state index in [0.717, 1.165) is 12.5 Å². The molecule has 1 unspecified atom stereocenters. The summed E-state index contributed by atoms with van der Waals surface area (Å²) in [6.45, 7) is 8.08. The van der Waals surface area contributed by atoms with Gasteiger partial charge in [0.25, 0.3) is 0 Å². The smallest absolute Gasteiger partial charge is 0.0615 e. The fraction of sp³-hybridized carbons (Fsp3) is 0.429. The van der Waals surface area contributed by atoms with E-state index in [1.54, 1.807) is 5.56 Å². The zero-order valence-corrected chi connectivity index (χ0v) is 13.8. The summed E-state index contributed by atoms with van der Waals surface area (Å²) in [6, 6.07) is 18.5. The standard InChI is InChI=1S/C21H25N/c1-21(2,3)22-14-16-8-4-5-10-18(16)20(22)19-11-7-6-9-17(19)15-12-13-15/h4-11,15,20H,12-14H2,1-3H3. The summed E-state index contributed by atoms with van der Waals surface area (Å²) in [5.74, 6) is 0.797. The second-order valence-electron chi connectivity index (χ2n) is 7.80. The topological polar surface area (TPSA) is 3.24 Å². The van der Waals surface area contributed by atoms with Crippen molar-refractivity contribution in [2.24, 2.45) is 0 Å². The lowest BCUT2D eigenvalue weighted by atomic mass is 9.90. The number of nitrogens with zero attached hydrogens (tertiary/aromatic N) is 1. The van der Waals surface area contributed by atoms with Crippen LogP contribution in [0.4, 0.5) is 0 Å². The van der Waals surface area contributed by atoms with E-state index in [0.29, 0.717) is 6.04 Å². The highest BCUT2D eigenvalue weighted by Crippen LogP contribution is 2.48. The Kier molecular flexibility index (Phi) is 3.16. The lowest BCUT2D eigenvalue weighted by Crippen LogP contribution is -2.40. The molecule has 0 N–H and O–H groups in total. The quantitative estimate of drug-likeness (QED) is 0.728. The molecule has 2 aromatic carbocycles. The van der Waals surface area contributed by atoms with Gasteiger partial charge in [-0.3, -0.25) is 4.90 Å². The van der Waals surface area contributed by atoms with Crippen LogP contribution in [0.1, 0.15) is 67.8 Å². The van der Waals surface area contributed by atoms with Crippen LogP contribution in [0, 0.1) is 0 Å². The van der Waals surface area contributed by atoms with Gasteiger partial charge in [0.15, 0.2) is 0 Å². The molecular formula is C21H25N. The molecule has 2 aliphatic rings. The van der Waals surface area contributed by atoms with Crippen LogP contribution in [0.15, 0.2) is 48.5 Å². The molecule has 0 bridgehead atoms. The molecule has 1 saturated carbocycles. The molecule has 1 atom stereocenters. The van der Waals surface area contributed by atoms with Crippen LogP contribution in [0.5, 0.6) is 0 Å². The lowest BCUT2D eigenvalue weighted by molar-refractivity contribution is 0.109. The van der Waals surface area contributed by atoms with Gasteiger partial charge in [0, 0.05) is 12.1 Å². The molecule has 1 nitrogen and oxygen atoms in total. The summed E-state index contributed by atoms with van der Waals surface area (Å²) in [4.78, 5) is 2.67. The summed E-state index contributed by atoms with van der Waals surface area (Å²) in [7, 11) is 0. The molecule has 0 aromatic heterocycles. The van der Waals surface area contributed by atoms with Crippen LogP contribution in [0.25, 0.3) is 0 Å². The predicted molar refractivity (Wildman–Crippen MR) is 92.0 cm³/mol. The Morgan fingerprint density at radius 1 is 0.818 bits per heavy atom. The third kappa shape index (κ3) is 2.28. The summed E-state index contributed by atoms with van der Waals surface area (Å²) < 4.78 is 0. The Morgan fingerprint density at radius 2 is 1.41 bits per heavy atom. The SMILES string of the molecule is CC(C)(C)N1Cc2ccccc2C1c1ccccc1C1CC1. The molecule has 1 heterocycles. The number of benzene rings is 2. The van der Waals surface area contributed by atoms with Crippen LogP contribution < -0.4 is 0 Å². The lowest BCUT2D eigenvalue weighted by Gasteiger charge is -2.38. The monoisotopic (exact) mass is 291 g/mol. The highest BCUT2D eigenvalue weighted by atomic mass is 15.2. The van der Waals surface area contributed by atoms with Crippen molar-refractivity contribution in [2.75, 3.05) is 0 Å². The third-order valence-electron chi connectivity index (χ3n) is 5.17. The first-order valence-corrected chi connectivity index (χ1v) is 8.49. The number of hydrogen-bond acceptors (Lipinski definition) is 1. The van der Waals surface area contributed by atoms with Gasteiger partial charge in [0.1, 0.15) is 0 Å². The summed E-state index contributed by atoms with van der Waals surface area (Å²) in [6.07, 6.45) is 2.72. The van der Waals surface area contributed by atoms with Crippen molar-refractivity contribution in [3.05, 3.63) is 70.8 Å². The number of fused-ring (bicyclic) bond motifs is 1. The van der Waals surface area contributed by atoms with Crippen molar-refractivity contribution in [1.82, 2.24) is 4.90 Å². The molecule has 1 heteroatoms. The zero-order valence-electron chi connectivity index (χ0n) is 13.8. The molecule has 1 aliphatic heterocycles. The first-order valence-electron chi connectivity index (χ1n) is 8.49. The maximum Gasteiger partial charge on any atom is 0.0615 e. The highest BCUT2D eigenvalue weighted by Gasteiger charge is 2.39. The molecular weight excluding hydrogens is 266 g/mol. The van der Waals surface area contributed by atoms with Gasteiger partial charge in [-0.25, -0.2) is 0 Å². The minimum absolute atomic E-state index is 0.167. The molecule has 1 aliphatic carbocycles. The fourth-order valence-corrected chi connectivity index (χ4v) is 3.87. The van der Waals surface area contributed by atoms with Gasteiger partial charge in [-0.2, -0.15) is 0 Å². The molecule has 0 saturated heterocycles. The Labute approximate surface area is 134 Å². The van der Waals surface area contributed by atoms with Crippen molar-refractivity contribution in [1.29, 1.82) is 0 Å². The van der Waals surface area contributed by atoms with E-state index in [-0.39, 0.29) is 5.54 Å². The minimum atomic E-state index is 0.167.